The second-order valence-corrected chi connectivity index (χ2v) is 5.30. The molecule has 1 aliphatic rings. The van der Waals surface area contributed by atoms with Crippen LogP contribution in [-0.2, 0) is 0 Å². The molecule has 1 aliphatic heterocycles. The molecule has 0 amide bonds. The van der Waals surface area contributed by atoms with Gasteiger partial charge in [0, 0.05) is 31.4 Å². The number of rotatable bonds is 5. The Morgan fingerprint density at radius 3 is 2.95 bits per heavy atom. The maximum absolute atomic E-state index is 11.2. The zero-order valence-corrected chi connectivity index (χ0v) is 12.1. The van der Waals surface area contributed by atoms with Crippen LogP contribution in [0.2, 0.25) is 0 Å². The molecule has 1 aromatic rings. The molecule has 0 radical (unpaired) electrons. The molecule has 0 aromatic carbocycles. The lowest BCUT2D eigenvalue weighted by Crippen LogP contribution is -2.44. The first kappa shape index (κ1) is 14.7. The lowest BCUT2D eigenvalue weighted by atomic mass is 10.0. The number of anilines is 1. The zero-order valence-electron chi connectivity index (χ0n) is 12.1. The Morgan fingerprint density at radius 2 is 2.35 bits per heavy atom. The number of hydrogen-bond donors (Lipinski definition) is 1. The number of piperidine rings is 1. The van der Waals surface area contributed by atoms with E-state index in [4.69, 9.17) is 0 Å². The highest BCUT2D eigenvalue weighted by Crippen LogP contribution is 2.26. The first-order valence-corrected chi connectivity index (χ1v) is 7.21. The Labute approximate surface area is 119 Å². The van der Waals surface area contributed by atoms with Gasteiger partial charge < -0.3 is 10.2 Å². The molecule has 6 nitrogen and oxygen atoms in total. The van der Waals surface area contributed by atoms with Crippen LogP contribution in [0.4, 0.5) is 11.5 Å². The Balaban J connectivity index is 2.19. The Morgan fingerprint density at radius 1 is 1.55 bits per heavy atom. The standard InChI is InChI=1S/C14H22N4O2/c1-3-17(10-12-6-4-5-7-15-12)14-13(18(19)20)8-11(2)9-16-14/h8-9,12,15H,3-7,10H2,1-2H3. The number of aromatic nitrogens is 1. The van der Waals surface area contributed by atoms with E-state index in [1.54, 1.807) is 12.3 Å². The Bertz CT molecular complexity index is 472. The molecule has 0 bridgehead atoms. The second kappa shape index (κ2) is 6.65. The zero-order chi connectivity index (χ0) is 14.5. The van der Waals surface area contributed by atoms with Crippen LogP contribution in [0.3, 0.4) is 0 Å². The topological polar surface area (TPSA) is 71.3 Å². The third-order valence-electron chi connectivity index (χ3n) is 3.72. The molecule has 110 valence electrons. The molecule has 0 aliphatic carbocycles. The van der Waals surface area contributed by atoms with Gasteiger partial charge in [0.15, 0.2) is 0 Å². The van der Waals surface area contributed by atoms with Gasteiger partial charge in [-0.2, -0.15) is 0 Å². The van der Waals surface area contributed by atoms with Crippen molar-refractivity contribution in [2.45, 2.75) is 39.2 Å². The molecule has 1 aromatic heterocycles. The van der Waals surface area contributed by atoms with E-state index in [0.717, 1.165) is 31.6 Å². The van der Waals surface area contributed by atoms with Crippen LogP contribution in [0.25, 0.3) is 0 Å². The summed E-state index contributed by atoms with van der Waals surface area (Å²) in [6, 6.07) is 1.99. The quantitative estimate of drug-likeness (QED) is 0.661. The van der Waals surface area contributed by atoms with Crippen molar-refractivity contribution in [3.8, 4) is 0 Å². The summed E-state index contributed by atoms with van der Waals surface area (Å²) in [6.07, 6.45) is 5.25. The van der Waals surface area contributed by atoms with E-state index in [1.165, 1.54) is 12.8 Å². The first-order chi connectivity index (χ1) is 9.61. The number of likely N-dealkylation sites (N-methyl/N-ethyl adjacent to an activating group) is 1. The first-order valence-electron chi connectivity index (χ1n) is 7.21. The van der Waals surface area contributed by atoms with Crippen molar-refractivity contribution in [3.63, 3.8) is 0 Å². The summed E-state index contributed by atoms with van der Waals surface area (Å²) in [4.78, 5) is 17.2. The van der Waals surface area contributed by atoms with Gasteiger partial charge >= 0.3 is 5.69 Å². The van der Waals surface area contributed by atoms with Crippen molar-refractivity contribution in [1.82, 2.24) is 10.3 Å². The number of nitrogens with one attached hydrogen (secondary N) is 1. The monoisotopic (exact) mass is 278 g/mol. The number of hydrogen-bond acceptors (Lipinski definition) is 5. The van der Waals surface area contributed by atoms with E-state index in [1.807, 2.05) is 18.7 Å². The highest BCUT2D eigenvalue weighted by molar-refractivity contribution is 5.58. The molecular weight excluding hydrogens is 256 g/mol. The fourth-order valence-corrected chi connectivity index (χ4v) is 2.64. The lowest BCUT2D eigenvalue weighted by Gasteiger charge is -2.30. The Kier molecular flexibility index (Phi) is 4.89. The Hall–Kier alpha value is -1.69. The number of aryl methyl sites for hydroxylation is 1. The largest absolute Gasteiger partial charge is 0.350 e. The summed E-state index contributed by atoms with van der Waals surface area (Å²) in [5.41, 5.74) is 0.912. The van der Waals surface area contributed by atoms with Crippen molar-refractivity contribution >= 4 is 11.5 Å². The molecular formula is C14H22N4O2. The van der Waals surface area contributed by atoms with E-state index >= 15 is 0 Å². The summed E-state index contributed by atoms with van der Waals surface area (Å²) in [5.74, 6) is 0.482. The van der Waals surface area contributed by atoms with Crippen LogP contribution in [0.5, 0.6) is 0 Å². The third kappa shape index (κ3) is 3.45. The van der Waals surface area contributed by atoms with Crippen LogP contribution in [0, 0.1) is 17.0 Å². The normalized spacial score (nSPS) is 18.8. The van der Waals surface area contributed by atoms with Gasteiger partial charge in [-0.25, -0.2) is 4.98 Å². The number of nitro groups is 1. The molecule has 1 saturated heterocycles. The average Bonchev–Trinajstić information content (AvgIpc) is 2.46. The van der Waals surface area contributed by atoms with Crippen molar-refractivity contribution in [2.24, 2.45) is 0 Å². The van der Waals surface area contributed by atoms with Crippen molar-refractivity contribution < 1.29 is 4.92 Å². The molecule has 0 spiro atoms. The minimum absolute atomic E-state index is 0.0997. The molecule has 20 heavy (non-hydrogen) atoms. The average molecular weight is 278 g/mol. The van der Waals surface area contributed by atoms with Gasteiger partial charge in [0.1, 0.15) is 0 Å². The second-order valence-electron chi connectivity index (χ2n) is 5.30. The summed E-state index contributed by atoms with van der Waals surface area (Å²) < 4.78 is 0. The van der Waals surface area contributed by atoms with Crippen LogP contribution >= 0.6 is 0 Å². The molecule has 0 saturated carbocycles. The van der Waals surface area contributed by atoms with E-state index in [-0.39, 0.29) is 10.6 Å². The summed E-state index contributed by atoms with van der Waals surface area (Å²) >= 11 is 0. The predicted octanol–water partition coefficient (Wildman–Crippen LogP) is 2.27. The SMILES string of the molecule is CCN(CC1CCCCN1)c1ncc(C)cc1[N+](=O)[O-]. The smallest absolute Gasteiger partial charge is 0.311 e. The summed E-state index contributed by atoms with van der Waals surface area (Å²) in [6.45, 7) is 6.35. The van der Waals surface area contributed by atoms with E-state index in [2.05, 4.69) is 10.3 Å². The number of pyridine rings is 1. The molecule has 1 N–H and O–H groups in total. The third-order valence-corrected chi connectivity index (χ3v) is 3.72. The molecule has 2 rings (SSSR count). The van der Waals surface area contributed by atoms with Crippen LogP contribution in [0.15, 0.2) is 12.3 Å². The van der Waals surface area contributed by atoms with Crippen molar-refractivity contribution in [3.05, 3.63) is 27.9 Å². The maximum Gasteiger partial charge on any atom is 0.311 e. The lowest BCUT2D eigenvalue weighted by molar-refractivity contribution is -0.384. The van der Waals surface area contributed by atoms with Crippen molar-refractivity contribution in [2.75, 3.05) is 24.5 Å². The molecule has 6 heteroatoms. The minimum Gasteiger partial charge on any atom is -0.350 e. The van der Waals surface area contributed by atoms with Crippen LogP contribution in [0.1, 0.15) is 31.7 Å². The maximum atomic E-state index is 11.2. The molecule has 1 fully saturated rings. The van der Waals surface area contributed by atoms with Crippen LogP contribution in [-0.4, -0.2) is 35.6 Å². The molecule has 1 unspecified atom stereocenters. The molecule has 2 heterocycles. The fraction of sp³-hybridized carbons (Fsp3) is 0.643. The highest BCUT2D eigenvalue weighted by Gasteiger charge is 2.23. The van der Waals surface area contributed by atoms with Crippen LogP contribution < -0.4 is 10.2 Å². The summed E-state index contributed by atoms with van der Waals surface area (Å²) in [7, 11) is 0. The van der Waals surface area contributed by atoms with E-state index < -0.39 is 0 Å². The van der Waals surface area contributed by atoms with E-state index in [0.29, 0.717) is 11.9 Å². The van der Waals surface area contributed by atoms with E-state index in [9.17, 15) is 10.1 Å². The van der Waals surface area contributed by atoms with Gasteiger partial charge in [-0.1, -0.05) is 6.42 Å². The van der Waals surface area contributed by atoms with Gasteiger partial charge in [-0.3, -0.25) is 10.1 Å². The van der Waals surface area contributed by atoms with Gasteiger partial charge in [-0.15, -0.1) is 0 Å². The van der Waals surface area contributed by atoms with Gasteiger partial charge in [-0.05, 0) is 38.8 Å². The fourth-order valence-electron chi connectivity index (χ4n) is 2.64. The van der Waals surface area contributed by atoms with Crippen molar-refractivity contribution in [1.29, 1.82) is 0 Å². The highest BCUT2D eigenvalue weighted by atomic mass is 16.6. The molecule has 1 atom stereocenters. The minimum atomic E-state index is -0.341. The van der Waals surface area contributed by atoms with Gasteiger partial charge in [0.2, 0.25) is 5.82 Å². The van der Waals surface area contributed by atoms with Gasteiger partial charge in [0.25, 0.3) is 0 Å². The predicted molar refractivity (Wildman–Crippen MR) is 79.2 cm³/mol. The summed E-state index contributed by atoms with van der Waals surface area (Å²) in [5, 5.41) is 14.7. The number of nitrogens with zero attached hydrogens (tertiary/aromatic N) is 3. The van der Waals surface area contributed by atoms with Gasteiger partial charge in [0.05, 0.1) is 4.92 Å².